The Hall–Kier alpha value is -3.52. The molecule has 0 bridgehead atoms. The van der Waals surface area contributed by atoms with Crippen LogP contribution < -0.4 is 10.6 Å². The smallest absolute Gasteiger partial charge is 0.121 e. The molecule has 8 heteroatoms. The van der Waals surface area contributed by atoms with Gasteiger partial charge in [-0.05, 0) is 55.0 Å². The summed E-state index contributed by atoms with van der Waals surface area (Å²) >= 11 is 0. The number of phenols is 1. The van der Waals surface area contributed by atoms with Crippen LogP contribution in [0.15, 0.2) is 89.1 Å². The average Bonchev–Trinajstić information content (AvgIpc) is 2.82. The number of nitrogens with zero attached hydrogens (tertiary/aromatic N) is 3. The monoisotopic (exact) mass is 441 g/mol. The molecule has 0 spiro atoms. The molecule has 7 nitrogen and oxygen atoms in total. The van der Waals surface area contributed by atoms with Crippen LogP contribution in [0.25, 0.3) is 0 Å². The fourth-order valence-corrected chi connectivity index (χ4v) is 4.17. The lowest BCUT2D eigenvalue weighted by atomic mass is 9.91. The third-order valence-corrected chi connectivity index (χ3v) is 5.80. The molecule has 4 rings (SSSR count). The molecule has 2 heterocycles. The van der Waals surface area contributed by atoms with Crippen LogP contribution in [0.4, 0.5) is 5.69 Å². The van der Waals surface area contributed by atoms with E-state index in [-0.39, 0.29) is 11.8 Å². The zero-order valence-corrected chi connectivity index (χ0v) is 18.7. The van der Waals surface area contributed by atoms with Crippen molar-refractivity contribution in [3.05, 3.63) is 99.9 Å². The third kappa shape index (κ3) is 5.46. The topological polar surface area (TPSA) is 80.2 Å². The first kappa shape index (κ1) is 22.7. The van der Waals surface area contributed by atoms with Gasteiger partial charge in [0.15, 0.2) is 0 Å². The maximum atomic E-state index is 10.7. The summed E-state index contributed by atoms with van der Waals surface area (Å²) < 4.78 is 0. The third-order valence-electron chi connectivity index (χ3n) is 5.80. The van der Waals surface area contributed by atoms with E-state index >= 15 is 0 Å². The minimum atomic E-state index is -0.189. The summed E-state index contributed by atoms with van der Waals surface area (Å²) in [6.45, 7) is 3.15. The van der Waals surface area contributed by atoms with Gasteiger partial charge in [-0.1, -0.05) is 48.0 Å². The number of para-hydroxylation sites is 1. The van der Waals surface area contributed by atoms with Gasteiger partial charge >= 0.3 is 0 Å². The predicted molar refractivity (Wildman–Crippen MR) is 132 cm³/mol. The van der Waals surface area contributed by atoms with E-state index in [0.29, 0.717) is 11.2 Å². The summed E-state index contributed by atoms with van der Waals surface area (Å²) in [5, 5.41) is 20.4. The van der Waals surface area contributed by atoms with Crippen LogP contribution in [0.2, 0.25) is 0 Å². The SMILES string of the molecule is [B]C1=C2NC(c3ccccc3O)C=C(NCCCN(C)Cc3cccc(N=O)c3)N2CC=C1. The zero-order valence-electron chi connectivity index (χ0n) is 18.7. The van der Waals surface area contributed by atoms with Crippen LogP contribution >= 0.6 is 0 Å². The minimum absolute atomic E-state index is 0.189. The van der Waals surface area contributed by atoms with E-state index in [9.17, 15) is 10.0 Å². The van der Waals surface area contributed by atoms with Crippen molar-refractivity contribution in [3.8, 4) is 5.75 Å². The molecule has 2 radical (unpaired) electrons. The molecular formula is C25H28BN5O2. The van der Waals surface area contributed by atoms with E-state index in [2.05, 4.69) is 38.7 Å². The maximum absolute atomic E-state index is 10.7. The highest BCUT2D eigenvalue weighted by Crippen LogP contribution is 2.32. The summed E-state index contributed by atoms with van der Waals surface area (Å²) in [5.41, 5.74) is 3.00. The number of nitroso groups, excluding NO2 is 1. The van der Waals surface area contributed by atoms with Crippen molar-refractivity contribution in [2.45, 2.75) is 19.0 Å². The molecule has 0 amide bonds. The van der Waals surface area contributed by atoms with Gasteiger partial charge in [0, 0.05) is 25.2 Å². The second-order valence-corrected chi connectivity index (χ2v) is 8.33. The molecule has 2 aromatic rings. The van der Waals surface area contributed by atoms with Crippen molar-refractivity contribution in [1.82, 2.24) is 20.4 Å². The number of allylic oxidation sites excluding steroid dienone is 2. The van der Waals surface area contributed by atoms with Gasteiger partial charge in [-0.3, -0.25) is 0 Å². The average molecular weight is 441 g/mol. The minimum Gasteiger partial charge on any atom is -0.508 e. The predicted octanol–water partition coefficient (Wildman–Crippen LogP) is 3.60. The lowest BCUT2D eigenvalue weighted by molar-refractivity contribution is 0.312. The van der Waals surface area contributed by atoms with E-state index in [1.54, 1.807) is 12.1 Å². The Morgan fingerprint density at radius 2 is 2.12 bits per heavy atom. The highest BCUT2D eigenvalue weighted by atomic mass is 16.3. The fraction of sp³-hybridized carbons (Fsp3) is 0.280. The molecule has 1 atom stereocenters. The molecule has 0 saturated carbocycles. The van der Waals surface area contributed by atoms with Gasteiger partial charge in [0.1, 0.15) is 30.9 Å². The van der Waals surface area contributed by atoms with Crippen molar-refractivity contribution in [2.75, 3.05) is 26.7 Å². The molecule has 0 fully saturated rings. The lowest BCUT2D eigenvalue weighted by Crippen LogP contribution is -2.44. The quantitative estimate of drug-likeness (QED) is 0.314. The van der Waals surface area contributed by atoms with Crippen molar-refractivity contribution in [2.24, 2.45) is 5.18 Å². The van der Waals surface area contributed by atoms with Gasteiger partial charge in [-0.2, -0.15) is 0 Å². The number of nitrogens with one attached hydrogen (secondary N) is 2. The number of aromatic hydroxyl groups is 1. The van der Waals surface area contributed by atoms with Gasteiger partial charge < -0.3 is 25.5 Å². The first-order chi connectivity index (χ1) is 16.0. The number of phenolic OH excluding ortho intramolecular Hbond substituents is 1. The molecule has 168 valence electrons. The molecule has 0 aliphatic carbocycles. The molecule has 2 aliphatic heterocycles. The highest BCUT2D eigenvalue weighted by molar-refractivity contribution is 6.23. The first-order valence-corrected chi connectivity index (χ1v) is 11.1. The van der Waals surface area contributed by atoms with Gasteiger partial charge in [-0.15, -0.1) is 4.91 Å². The molecule has 1 unspecified atom stereocenters. The second-order valence-electron chi connectivity index (χ2n) is 8.33. The Morgan fingerprint density at radius 1 is 1.27 bits per heavy atom. The van der Waals surface area contributed by atoms with Crippen LogP contribution in [-0.2, 0) is 6.54 Å². The number of hydrogen-bond donors (Lipinski definition) is 3. The zero-order chi connectivity index (χ0) is 23.2. The van der Waals surface area contributed by atoms with E-state index in [0.717, 1.165) is 55.4 Å². The molecule has 3 N–H and O–H groups in total. The molecule has 0 saturated heterocycles. The molecular weight excluding hydrogens is 413 g/mol. The molecule has 2 aliphatic rings. The van der Waals surface area contributed by atoms with Gasteiger partial charge in [0.05, 0.1) is 6.04 Å². The van der Waals surface area contributed by atoms with E-state index in [1.807, 2.05) is 48.6 Å². The molecule has 2 aromatic carbocycles. The Morgan fingerprint density at radius 3 is 2.94 bits per heavy atom. The Labute approximate surface area is 195 Å². The summed E-state index contributed by atoms with van der Waals surface area (Å²) in [5.74, 6) is 2.06. The highest BCUT2D eigenvalue weighted by Gasteiger charge is 2.27. The second kappa shape index (κ2) is 10.4. The maximum Gasteiger partial charge on any atom is 0.121 e. The molecule has 0 aromatic heterocycles. The number of rotatable bonds is 9. The number of hydrogen-bond acceptors (Lipinski definition) is 7. The first-order valence-electron chi connectivity index (χ1n) is 11.1. The van der Waals surface area contributed by atoms with Crippen LogP contribution in [0.1, 0.15) is 23.6 Å². The summed E-state index contributed by atoms with van der Waals surface area (Å²) in [6.07, 6.45) is 6.97. The summed E-state index contributed by atoms with van der Waals surface area (Å²) in [4.78, 5) is 15.1. The van der Waals surface area contributed by atoms with Crippen LogP contribution in [0, 0.1) is 4.91 Å². The van der Waals surface area contributed by atoms with Crippen molar-refractivity contribution >= 4 is 13.5 Å². The van der Waals surface area contributed by atoms with Gasteiger partial charge in [0.2, 0.25) is 0 Å². The van der Waals surface area contributed by atoms with Gasteiger partial charge in [0.25, 0.3) is 0 Å². The van der Waals surface area contributed by atoms with E-state index in [4.69, 9.17) is 7.85 Å². The van der Waals surface area contributed by atoms with Crippen LogP contribution in [-0.4, -0.2) is 49.4 Å². The summed E-state index contributed by atoms with van der Waals surface area (Å²) in [7, 11) is 8.32. The van der Waals surface area contributed by atoms with Crippen molar-refractivity contribution in [3.63, 3.8) is 0 Å². The fourth-order valence-electron chi connectivity index (χ4n) is 4.17. The largest absolute Gasteiger partial charge is 0.508 e. The number of benzene rings is 2. The lowest BCUT2D eigenvalue weighted by Gasteiger charge is -2.40. The number of fused-ring (bicyclic) bond motifs is 1. The van der Waals surface area contributed by atoms with E-state index < -0.39 is 0 Å². The Balaban J connectivity index is 1.38. The van der Waals surface area contributed by atoms with Crippen LogP contribution in [0.3, 0.4) is 0 Å². The Kier molecular flexibility index (Phi) is 7.15. The van der Waals surface area contributed by atoms with Crippen molar-refractivity contribution < 1.29 is 5.11 Å². The normalized spacial score (nSPS) is 17.5. The van der Waals surface area contributed by atoms with Gasteiger partial charge in [-0.25, -0.2) is 0 Å². The van der Waals surface area contributed by atoms with Crippen molar-refractivity contribution in [1.29, 1.82) is 0 Å². The Bertz CT molecular complexity index is 1100. The van der Waals surface area contributed by atoms with Crippen LogP contribution in [0.5, 0.6) is 5.75 Å². The standard InChI is InChI=1S/C25H28BN5O2/c1-30(17-18-7-4-8-19(15-18)29-33)13-6-12-27-24-16-22(20-9-2-3-11-23(20)32)28-25-21(26)10-5-14-31(24)25/h2-5,7-11,15-16,22,27-28,32H,6,12-14,17H2,1H3. The summed E-state index contributed by atoms with van der Waals surface area (Å²) in [6, 6.07) is 14.5. The molecule has 33 heavy (non-hydrogen) atoms. The van der Waals surface area contributed by atoms with E-state index in [1.165, 1.54) is 0 Å².